The molecular weight excluding hydrogens is 454 g/mol. The Balaban J connectivity index is 1.56. The third-order valence-corrected chi connectivity index (χ3v) is 6.15. The Morgan fingerprint density at radius 1 is 0.972 bits per heavy atom. The number of amides is 1. The molecule has 7 nitrogen and oxygen atoms in total. The fourth-order valence-corrected chi connectivity index (χ4v) is 3.97. The number of ether oxygens (including phenoxy) is 2. The molecule has 186 valence electrons. The van der Waals surface area contributed by atoms with Crippen molar-refractivity contribution >= 4 is 5.91 Å². The molecule has 36 heavy (non-hydrogen) atoms. The minimum Gasteiger partial charge on any atom is -0.493 e. The van der Waals surface area contributed by atoms with E-state index in [0.29, 0.717) is 36.8 Å². The highest BCUT2D eigenvalue weighted by Crippen LogP contribution is 2.30. The highest BCUT2D eigenvalue weighted by molar-refractivity contribution is 5.95. The summed E-state index contributed by atoms with van der Waals surface area (Å²) in [6.45, 7) is 7.07. The largest absolute Gasteiger partial charge is 0.493 e. The molecule has 0 unspecified atom stereocenters. The molecule has 0 aliphatic carbocycles. The van der Waals surface area contributed by atoms with Gasteiger partial charge in [-0.3, -0.25) is 9.78 Å². The molecule has 0 N–H and O–H groups in total. The molecule has 2 aromatic carbocycles. The standard InChI is InChI=1S/C29H31N3O4/c1-5-22-8-10-23(11-9-22)17-32(18-24-7-6-14-30-16-24)29(33)25-12-13-27(28(15-25)34-4)35-19-26-20(2)31-36-21(26)3/h6-16H,5,17-19H2,1-4H3. The smallest absolute Gasteiger partial charge is 0.254 e. The zero-order chi connectivity index (χ0) is 25.5. The number of benzene rings is 2. The number of rotatable bonds is 10. The Bertz CT molecular complexity index is 1280. The van der Waals surface area contributed by atoms with E-state index in [9.17, 15) is 4.79 Å². The van der Waals surface area contributed by atoms with E-state index in [4.69, 9.17) is 14.0 Å². The summed E-state index contributed by atoms with van der Waals surface area (Å²) in [5, 5.41) is 3.97. The van der Waals surface area contributed by atoms with E-state index in [0.717, 1.165) is 34.6 Å². The van der Waals surface area contributed by atoms with E-state index in [1.165, 1.54) is 5.56 Å². The Hall–Kier alpha value is -4.13. The van der Waals surface area contributed by atoms with Crippen LogP contribution in [0, 0.1) is 13.8 Å². The molecule has 0 radical (unpaired) electrons. The highest BCUT2D eigenvalue weighted by atomic mass is 16.5. The van der Waals surface area contributed by atoms with Crippen LogP contribution >= 0.6 is 0 Å². The monoisotopic (exact) mass is 485 g/mol. The lowest BCUT2D eigenvalue weighted by Gasteiger charge is -2.24. The average molecular weight is 486 g/mol. The van der Waals surface area contributed by atoms with Crippen molar-refractivity contribution in [1.82, 2.24) is 15.0 Å². The van der Waals surface area contributed by atoms with Crippen molar-refractivity contribution in [2.24, 2.45) is 0 Å². The van der Waals surface area contributed by atoms with Crippen LogP contribution in [0.5, 0.6) is 11.5 Å². The number of pyridine rings is 1. The van der Waals surface area contributed by atoms with Crippen molar-refractivity contribution in [1.29, 1.82) is 0 Å². The van der Waals surface area contributed by atoms with Gasteiger partial charge in [-0.15, -0.1) is 0 Å². The van der Waals surface area contributed by atoms with Crippen LogP contribution in [0.2, 0.25) is 0 Å². The molecule has 4 aromatic rings. The van der Waals surface area contributed by atoms with Crippen molar-refractivity contribution < 1.29 is 18.8 Å². The van der Waals surface area contributed by atoms with Crippen LogP contribution < -0.4 is 9.47 Å². The maximum Gasteiger partial charge on any atom is 0.254 e. The van der Waals surface area contributed by atoms with Gasteiger partial charge in [-0.1, -0.05) is 42.4 Å². The minimum absolute atomic E-state index is 0.103. The number of carbonyl (C=O) groups excluding carboxylic acids is 1. The van der Waals surface area contributed by atoms with E-state index in [1.54, 1.807) is 37.7 Å². The van der Waals surface area contributed by atoms with Gasteiger partial charge in [0.05, 0.1) is 18.4 Å². The van der Waals surface area contributed by atoms with Crippen molar-refractivity contribution in [3.8, 4) is 11.5 Å². The van der Waals surface area contributed by atoms with Crippen molar-refractivity contribution in [2.45, 2.75) is 46.9 Å². The van der Waals surface area contributed by atoms with E-state index >= 15 is 0 Å². The second kappa shape index (κ2) is 11.5. The molecule has 0 saturated heterocycles. The van der Waals surface area contributed by atoms with Gasteiger partial charge in [0.15, 0.2) is 11.5 Å². The van der Waals surface area contributed by atoms with Crippen LogP contribution in [0.3, 0.4) is 0 Å². The minimum atomic E-state index is -0.103. The van der Waals surface area contributed by atoms with Gasteiger partial charge in [-0.25, -0.2) is 0 Å². The Kier molecular flexibility index (Phi) is 8.00. The molecule has 0 spiro atoms. The van der Waals surface area contributed by atoms with Gasteiger partial charge < -0.3 is 18.9 Å². The van der Waals surface area contributed by atoms with Crippen LogP contribution in [0.25, 0.3) is 0 Å². The molecule has 1 amide bonds. The number of hydrogen-bond acceptors (Lipinski definition) is 6. The quantitative estimate of drug-likeness (QED) is 0.288. The molecule has 0 aliphatic rings. The number of aromatic nitrogens is 2. The summed E-state index contributed by atoms with van der Waals surface area (Å²) in [7, 11) is 1.56. The number of carbonyl (C=O) groups is 1. The first-order valence-corrected chi connectivity index (χ1v) is 12.0. The van der Waals surface area contributed by atoms with Crippen LogP contribution in [0.1, 0.15) is 51.0 Å². The summed E-state index contributed by atoms with van der Waals surface area (Å²) >= 11 is 0. The maximum absolute atomic E-state index is 13.7. The van der Waals surface area contributed by atoms with Crippen LogP contribution in [0.15, 0.2) is 71.5 Å². The van der Waals surface area contributed by atoms with Crippen LogP contribution in [0.4, 0.5) is 0 Å². The van der Waals surface area contributed by atoms with Gasteiger partial charge in [-0.2, -0.15) is 0 Å². The molecule has 0 bridgehead atoms. The van der Waals surface area contributed by atoms with Crippen molar-refractivity contribution in [2.75, 3.05) is 7.11 Å². The molecule has 0 aliphatic heterocycles. The first-order chi connectivity index (χ1) is 17.5. The summed E-state index contributed by atoms with van der Waals surface area (Å²) in [6.07, 6.45) is 4.49. The van der Waals surface area contributed by atoms with Gasteiger partial charge in [-0.05, 0) is 61.2 Å². The summed E-state index contributed by atoms with van der Waals surface area (Å²) < 4.78 is 16.8. The van der Waals surface area contributed by atoms with E-state index in [2.05, 4.69) is 41.3 Å². The summed E-state index contributed by atoms with van der Waals surface area (Å²) in [6, 6.07) is 17.5. The lowest BCUT2D eigenvalue weighted by Crippen LogP contribution is -2.30. The second-order valence-electron chi connectivity index (χ2n) is 8.65. The Morgan fingerprint density at radius 2 is 1.72 bits per heavy atom. The highest BCUT2D eigenvalue weighted by Gasteiger charge is 2.20. The SMILES string of the molecule is CCc1ccc(CN(Cc2cccnc2)C(=O)c2ccc(OCc3c(C)noc3C)c(OC)c2)cc1. The average Bonchev–Trinajstić information content (AvgIpc) is 3.24. The van der Waals surface area contributed by atoms with Crippen LogP contribution in [-0.2, 0) is 26.1 Å². The lowest BCUT2D eigenvalue weighted by molar-refractivity contribution is 0.0729. The normalized spacial score (nSPS) is 10.8. The molecule has 0 fully saturated rings. The molecule has 0 saturated carbocycles. The van der Waals surface area contributed by atoms with E-state index in [-0.39, 0.29) is 5.91 Å². The molecule has 4 rings (SSSR count). The summed E-state index contributed by atoms with van der Waals surface area (Å²) in [5.41, 5.74) is 5.50. The summed E-state index contributed by atoms with van der Waals surface area (Å²) in [4.78, 5) is 19.7. The van der Waals surface area contributed by atoms with Crippen molar-refractivity contribution in [3.05, 3.63) is 106 Å². The first kappa shape index (κ1) is 25.0. The fraction of sp³-hybridized carbons (Fsp3) is 0.276. The molecule has 0 atom stereocenters. The van der Waals surface area contributed by atoms with Gasteiger partial charge in [0.25, 0.3) is 5.91 Å². The molecule has 7 heteroatoms. The van der Waals surface area contributed by atoms with Crippen molar-refractivity contribution in [3.63, 3.8) is 0 Å². The predicted molar refractivity (Wildman–Crippen MR) is 137 cm³/mol. The first-order valence-electron chi connectivity index (χ1n) is 12.0. The Morgan fingerprint density at radius 3 is 2.36 bits per heavy atom. The molecule has 2 heterocycles. The lowest BCUT2D eigenvalue weighted by atomic mass is 10.1. The van der Waals surface area contributed by atoms with Gasteiger partial charge in [0.2, 0.25) is 0 Å². The van der Waals surface area contributed by atoms with Gasteiger partial charge >= 0.3 is 0 Å². The molecular formula is C29H31N3O4. The third-order valence-electron chi connectivity index (χ3n) is 6.15. The predicted octanol–water partition coefficient (Wildman–Crippen LogP) is 5.68. The number of hydrogen-bond donors (Lipinski definition) is 0. The number of nitrogens with zero attached hydrogens (tertiary/aromatic N) is 3. The maximum atomic E-state index is 13.7. The molecule has 2 aromatic heterocycles. The Labute approximate surface area is 211 Å². The third kappa shape index (κ3) is 5.92. The fourth-order valence-electron chi connectivity index (χ4n) is 3.97. The zero-order valence-electron chi connectivity index (χ0n) is 21.2. The van der Waals surface area contributed by atoms with Crippen LogP contribution in [-0.4, -0.2) is 28.1 Å². The van der Waals surface area contributed by atoms with E-state index in [1.807, 2.05) is 30.9 Å². The van der Waals surface area contributed by atoms with Gasteiger partial charge in [0.1, 0.15) is 12.4 Å². The van der Waals surface area contributed by atoms with E-state index < -0.39 is 0 Å². The number of aryl methyl sites for hydroxylation is 3. The summed E-state index contributed by atoms with van der Waals surface area (Å²) in [5.74, 6) is 1.65. The van der Waals surface area contributed by atoms with Gasteiger partial charge in [0, 0.05) is 31.0 Å². The number of methoxy groups -OCH3 is 1. The zero-order valence-corrected chi connectivity index (χ0v) is 21.2. The second-order valence-corrected chi connectivity index (χ2v) is 8.65. The topological polar surface area (TPSA) is 77.7 Å².